The fourth-order valence-electron chi connectivity index (χ4n) is 3.88. The molecule has 0 unspecified atom stereocenters. The first-order valence-corrected chi connectivity index (χ1v) is 12.8. The number of sulfonamides is 1. The Morgan fingerprint density at radius 2 is 1.73 bits per heavy atom. The number of hydrogen-bond donors (Lipinski definition) is 1. The van der Waals surface area contributed by atoms with Crippen LogP contribution in [0.25, 0.3) is 11.3 Å². The van der Waals surface area contributed by atoms with Crippen molar-refractivity contribution in [1.82, 2.24) is 10.2 Å². The third-order valence-corrected chi connectivity index (χ3v) is 7.14. The van der Waals surface area contributed by atoms with Crippen LogP contribution in [0.4, 0.5) is 11.5 Å². The number of aromatic nitrogens is 2. The van der Waals surface area contributed by atoms with Crippen LogP contribution in [0.3, 0.4) is 0 Å². The molecule has 0 atom stereocenters. The molecule has 1 saturated heterocycles. The van der Waals surface area contributed by atoms with Crippen LogP contribution in [0.2, 0.25) is 0 Å². The van der Waals surface area contributed by atoms with E-state index in [1.54, 1.807) is 24.3 Å². The van der Waals surface area contributed by atoms with Crippen molar-refractivity contribution in [2.45, 2.75) is 44.4 Å². The summed E-state index contributed by atoms with van der Waals surface area (Å²) in [7, 11) is -3.82. The maximum atomic E-state index is 13.2. The molecular formula is C25H30N4O3S. The van der Waals surface area contributed by atoms with Gasteiger partial charge in [0.2, 0.25) is 0 Å². The summed E-state index contributed by atoms with van der Waals surface area (Å²) in [6, 6.07) is 16.4. The molecule has 0 amide bonds. The average molecular weight is 467 g/mol. The molecule has 8 heteroatoms. The highest BCUT2D eigenvalue weighted by Crippen LogP contribution is 2.30. The molecule has 4 rings (SSSR count). The minimum Gasteiger partial charge on any atom is -0.492 e. The van der Waals surface area contributed by atoms with Gasteiger partial charge in [-0.25, -0.2) is 8.42 Å². The standard InChI is InChI=1S/C25H30N4O3S/c1-4-32-23-13-9-20(18(2)3)17-24(23)33(30,31)28-21-10-7-19(8-11-21)22-12-14-25(27-26-22)29-15-5-6-16-29/h7-14,17-18,28H,4-6,15-16H2,1-3H3. The number of rotatable bonds is 8. The van der Waals surface area contributed by atoms with Crippen LogP contribution >= 0.6 is 0 Å². The van der Waals surface area contributed by atoms with E-state index in [2.05, 4.69) is 19.8 Å². The van der Waals surface area contributed by atoms with Crippen molar-refractivity contribution in [1.29, 1.82) is 0 Å². The second-order valence-corrected chi connectivity index (χ2v) is 10.1. The third-order valence-electron chi connectivity index (χ3n) is 5.74. The number of nitrogens with one attached hydrogen (secondary N) is 1. The van der Waals surface area contributed by atoms with Gasteiger partial charge in [0.1, 0.15) is 10.6 Å². The fraction of sp³-hybridized carbons (Fsp3) is 0.360. The molecule has 1 fully saturated rings. The molecule has 7 nitrogen and oxygen atoms in total. The van der Waals surface area contributed by atoms with Gasteiger partial charge in [0.15, 0.2) is 5.82 Å². The molecule has 0 bridgehead atoms. The molecule has 1 N–H and O–H groups in total. The first-order chi connectivity index (χ1) is 15.9. The van der Waals surface area contributed by atoms with Gasteiger partial charge in [0.05, 0.1) is 12.3 Å². The summed E-state index contributed by atoms with van der Waals surface area (Å²) in [6.45, 7) is 8.31. The van der Waals surface area contributed by atoms with E-state index < -0.39 is 10.0 Å². The zero-order chi connectivity index (χ0) is 23.4. The van der Waals surface area contributed by atoms with E-state index in [0.717, 1.165) is 35.7 Å². The first-order valence-electron chi connectivity index (χ1n) is 11.4. The molecule has 2 aromatic carbocycles. The summed E-state index contributed by atoms with van der Waals surface area (Å²) < 4.78 is 34.6. The minimum atomic E-state index is -3.82. The van der Waals surface area contributed by atoms with E-state index >= 15 is 0 Å². The van der Waals surface area contributed by atoms with Gasteiger partial charge in [-0.15, -0.1) is 10.2 Å². The predicted molar refractivity (Wildman–Crippen MR) is 131 cm³/mol. The molecule has 1 aromatic heterocycles. The van der Waals surface area contributed by atoms with Crippen LogP contribution in [0, 0.1) is 0 Å². The molecule has 33 heavy (non-hydrogen) atoms. The SMILES string of the molecule is CCOc1ccc(C(C)C)cc1S(=O)(=O)Nc1ccc(-c2ccc(N3CCCC3)nn2)cc1. The maximum absolute atomic E-state index is 13.2. The lowest BCUT2D eigenvalue weighted by Gasteiger charge is -2.16. The molecule has 174 valence electrons. The van der Waals surface area contributed by atoms with Gasteiger partial charge in [-0.3, -0.25) is 4.72 Å². The number of nitrogens with zero attached hydrogens (tertiary/aromatic N) is 3. The highest BCUT2D eigenvalue weighted by atomic mass is 32.2. The van der Waals surface area contributed by atoms with Crippen molar-refractivity contribution in [3.05, 3.63) is 60.2 Å². The fourth-order valence-corrected chi connectivity index (χ4v) is 5.12. The smallest absolute Gasteiger partial charge is 0.265 e. The Morgan fingerprint density at radius 3 is 2.33 bits per heavy atom. The molecule has 3 aromatic rings. The van der Waals surface area contributed by atoms with E-state index in [-0.39, 0.29) is 10.8 Å². The monoisotopic (exact) mass is 466 g/mol. The lowest BCUT2D eigenvalue weighted by Crippen LogP contribution is -2.19. The van der Waals surface area contributed by atoms with Crippen molar-refractivity contribution in [2.24, 2.45) is 0 Å². The summed E-state index contributed by atoms with van der Waals surface area (Å²) in [4.78, 5) is 2.38. The Bertz CT molecular complexity index is 1190. The number of anilines is 2. The van der Waals surface area contributed by atoms with Crippen LogP contribution in [-0.2, 0) is 10.0 Å². The van der Waals surface area contributed by atoms with Gasteiger partial charge in [-0.2, -0.15) is 0 Å². The van der Waals surface area contributed by atoms with Crippen molar-refractivity contribution < 1.29 is 13.2 Å². The normalized spacial score (nSPS) is 14.0. The van der Waals surface area contributed by atoms with E-state index in [0.29, 0.717) is 18.0 Å². The molecular weight excluding hydrogens is 436 g/mol. The van der Waals surface area contributed by atoms with Crippen molar-refractivity contribution >= 4 is 21.5 Å². The topological polar surface area (TPSA) is 84.4 Å². The molecule has 1 aliphatic rings. The Balaban J connectivity index is 1.53. The Morgan fingerprint density at radius 1 is 1.00 bits per heavy atom. The zero-order valence-corrected chi connectivity index (χ0v) is 20.1. The van der Waals surface area contributed by atoms with Gasteiger partial charge in [0.25, 0.3) is 10.0 Å². The quantitative estimate of drug-likeness (QED) is 0.499. The Kier molecular flexibility index (Phi) is 6.83. The van der Waals surface area contributed by atoms with Gasteiger partial charge in [-0.05, 0) is 67.6 Å². The molecule has 0 spiro atoms. The highest BCUT2D eigenvalue weighted by Gasteiger charge is 2.21. The number of hydrogen-bond acceptors (Lipinski definition) is 6. The van der Waals surface area contributed by atoms with Gasteiger partial charge < -0.3 is 9.64 Å². The molecule has 0 aliphatic carbocycles. The summed E-state index contributed by atoms with van der Waals surface area (Å²) in [5.74, 6) is 1.45. The van der Waals surface area contributed by atoms with Crippen LogP contribution in [0.5, 0.6) is 5.75 Å². The van der Waals surface area contributed by atoms with Crippen LogP contribution in [0.15, 0.2) is 59.5 Å². The van der Waals surface area contributed by atoms with Crippen LogP contribution in [0.1, 0.15) is 45.1 Å². The Labute approximate surface area is 195 Å². The molecule has 2 heterocycles. The summed E-state index contributed by atoms with van der Waals surface area (Å²) in [5.41, 5.74) is 3.02. The minimum absolute atomic E-state index is 0.142. The largest absolute Gasteiger partial charge is 0.492 e. The van der Waals surface area contributed by atoms with Crippen molar-refractivity contribution in [3.63, 3.8) is 0 Å². The van der Waals surface area contributed by atoms with Crippen LogP contribution < -0.4 is 14.4 Å². The lowest BCUT2D eigenvalue weighted by molar-refractivity contribution is 0.331. The summed E-state index contributed by atoms with van der Waals surface area (Å²) in [6.07, 6.45) is 2.38. The predicted octanol–water partition coefficient (Wildman–Crippen LogP) is 5.07. The maximum Gasteiger partial charge on any atom is 0.265 e. The van der Waals surface area contributed by atoms with Gasteiger partial charge >= 0.3 is 0 Å². The summed E-state index contributed by atoms with van der Waals surface area (Å²) >= 11 is 0. The zero-order valence-electron chi connectivity index (χ0n) is 19.3. The molecule has 0 saturated carbocycles. The first kappa shape index (κ1) is 23.0. The van der Waals surface area contributed by atoms with E-state index in [9.17, 15) is 8.42 Å². The number of ether oxygens (including phenoxy) is 1. The van der Waals surface area contributed by atoms with Crippen molar-refractivity contribution in [2.75, 3.05) is 29.3 Å². The molecule has 0 radical (unpaired) electrons. The van der Waals surface area contributed by atoms with E-state index in [4.69, 9.17) is 4.74 Å². The second kappa shape index (κ2) is 9.79. The highest BCUT2D eigenvalue weighted by molar-refractivity contribution is 7.92. The van der Waals surface area contributed by atoms with Crippen molar-refractivity contribution in [3.8, 4) is 17.0 Å². The Hall–Kier alpha value is -3.13. The lowest BCUT2D eigenvalue weighted by atomic mass is 10.0. The van der Waals surface area contributed by atoms with Crippen LogP contribution in [-0.4, -0.2) is 38.3 Å². The van der Waals surface area contributed by atoms with E-state index in [1.807, 2.05) is 51.1 Å². The second-order valence-electron chi connectivity index (χ2n) is 8.45. The van der Waals surface area contributed by atoms with Gasteiger partial charge in [0, 0.05) is 24.3 Å². The molecule has 1 aliphatic heterocycles. The summed E-state index contributed by atoms with van der Waals surface area (Å²) in [5, 5.41) is 8.72. The average Bonchev–Trinajstić information content (AvgIpc) is 3.35. The van der Waals surface area contributed by atoms with E-state index in [1.165, 1.54) is 12.8 Å². The third kappa shape index (κ3) is 5.27. The number of benzene rings is 2. The van der Waals surface area contributed by atoms with Gasteiger partial charge in [-0.1, -0.05) is 32.0 Å².